The largest absolute Gasteiger partial charge is 0.497 e. The zero-order chi connectivity index (χ0) is 17.6. The van der Waals surface area contributed by atoms with Crippen LogP contribution in [0, 0.1) is 0 Å². The molecular formula is C19H23N3O2S. The van der Waals surface area contributed by atoms with Crippen LogP contribution >= 0.6 is 12.2 Å². The van der Waals surface area contributed by atoms with Crippen LogP contribution in [0.4, 0.5) is 11.4 Å². The SMILES string of the molecule is COc1ccc(NC(=S)N2CCN(c3cccc(OC)c3)CC2)cc1. The Balaban J connectivity index is 1.54. The number of nitrogens with one attached hydrogen (secondary N) is 1. The van der Waals surface area contributed by atoms with E-state index in [9.17, 15) is 0 Å². The minimum atomic E-state index is 0.760. The fraction of sp³-hybridized carbons (Fsp3) is 0.316. The number of anilines is 2. The third-order valence-corrected chi connectivity index (χ3v) is 4.69. The monoisotopic (exact) mass is 357 g/mol. The lowest BCUT2D eigenvalue weighted by molar-refractivity contribution is 0.389. The van der Waals surface area contributed by atoms with Gasteiger partial charge < -0.3 is 24.6 Å². The van der Waals surface area contributed by atoms with E-state index in [1.54, 1.807) is 14.2 Å². The minimum Gasteiger partial charge on any atom is -0.497 e. The number of rotatable bonds is 4. The maximum atomic E-state index is 5.56. The van der Waals surface area contributed by atoms with Gasteiger partial charge in [-0.1, -0.05) is 6.07 Å². The van der Waals surface area contributed by atoms with Gasteiger partial charge in [-0.2, -0.15) is 0 Å². The summed E-state index contributed by atoms with van der Waals surface area (Å²) in [5.41, 5.74) is 2.16. The molecule has 25 heavy (non-hydrogen) atoms. The highest BCUT2D eigenvalue weighted by molar-refractivity contribution is 7.80. The van der Waals surface area contributed by atoms with E-state index in [2.05, 4.69) is 27.2 Å². The summed E-state index contributed by atoms with van der Waals surface area (Å²) >= 11 is 5.56. The number of piperazine rings is 1. The molecule has 1 fully saturated rings. The molecule has 0 bridgehead atoms. The van der Waals surface area contributed by atoms with Crippen molar-refractivity contribution in [1.82, 2.24) is 4.90 Å². The molecule has 1 aliphatic rings. The second-order valence-corrected chi connectivity index (χ2v) is 6.22. The van der Waals surface area contributed by atoms with E-state index in [0.717, 1.165) is 48.5 Å². The predicted molar refractivity (Wildman–Crippen MR) is 106 cm³/mol. The summed E-state index contributed by atoms with van der Waals surface area (Å²) in [6.07, 6.45) is 0. The number of hydrogen-bond donors (Lipinski definition) is 1. The van der Waals surface area contributed by atoms with Crippen molar-refractivity contribution in [1.29, 1.82) is 0 Å². The fourth-order valence-corrected chi connectivity index (χ4v) is 3.15. The molecule has 0 aromatic heterocycles. The van der Waals surface area contributed by atoms with E-state index < -0.39 is 0 Å². The van der Waals surface area contributed by atoms with Crippen molar-refractivity contribution in [3.8, 4) is 11.5 Å². The molecule has 2 aromatic carbocycles. The van der Waals surface area contributed by atoms with Crippen LogP contribution in [0.25, 0.3) is 0 Å². The molecule has 1 aliphatic heterocycles. The lowest BCUT2D eigenvalue weighted by atomic mass is 10.2. The van der Waals surface area contributed by atoms with Gasteiger partial charge in [-0.3, -0.25) is 0 Å². The van der Waals surface area contributed by atoms with Crippen molar-refractivity contribution in [2.45, 2.75) is 0 Å². The van der Waals surface area contributed by atoms with Gasteiger partial charge in [0.2, 0.25) is 0 Å². The van der Waals surface area contributed by atoms with Crippen LogP contribution in [0.1, 0.15) is 0 Å². The summed E-state index contributed by atoms with van der Waals surface area (Å²) in [6.45, 7) is 3.63. The van der Waals surface area contributed by atoms with Gasteiger partial charge in [0.15, 0.2) is 5.11 Å². The lowest BCUT2D eigenvalue weighted by Crippen LogP contribution is -2.50. The highest BCUT2D eigenvalue weighted by atomic mass is 32.1. The van der Waals surface area contributed by atoms with Gasteiger partial charge in [-0.05, 0) is 48.6 Å². The van der Waals surface area contributed by atoms with Crippen molar-refractivity contribution in [2.24, 2.45) is 0 Å². The van der Waals surface area contributed by atoms with E-state index in [-0.39, 0.29) is 0 Å². The molecule has 132 valence electrons. The smallest absolute Gasteiger partial charge is 0.173 e. The highest BCUT2D eigenvalue weighted by Crippen LogP contribution is 2.22. The minimum absolute atomic E-state index is 0.760. The van der Waals surface area contributed by atoms with Crippen LogP contribution < -0.4 is 19.7 Å². The standard InChI is InChI=1S/C19H23N3O2S/c1-23-17-8-6-15(7-9-17)20-19(25)22-12-10-21(11-13-22)16-4-3-5-18(14-16)24-2/h3-9,14H,10-13H2,1-2H3,(H,20,25). The highest BCUT2D eigenvalue weighted by Gasteiger charge is 2.19. The number of hydrogen-bond acceptors (Lipinski definition) is 4. The van der Waals surface area contributed by atoms with Crippen molar-refractivity contribution in [2.75, 3.05) is 50.6 Å². The quantitative estimate of drug-likeness (QED) is 0.847. The molecule has 2 aromatic rings. The van der Waals surface area contributed by atoms with Crippen molar-refractivity contribution in [3.63, 3.8) is 0 Å². The van der Waals surface area contributed by atoms with E-state index in [1.165, 1.54) is 5.69 Å². The van der Waals surface area contributed by atoms with Gasteiger partial charge in [-0.15, -0.1) is 0 Å². The molecule has 0 atom stereocenters. The van der Waals surface area contributed by atoms with Gasteiger partial charge in [0.1, 0.15) is 11.5 Å². The van der Waals surface area contributed by atoms with E-state index in [1.807, 2.05) is 36.4 Å². The Morgan fingerprint density at radius 3 is 2.24 bits per heavy atom. The van der Waals surface area contributed by atoms with Crippen molar-refractivity contribution in [3.05, 3.63) is 48.5 Å². The third-order valence-electron chi connectivity index (χ3n) is 4.33. The first kappa shape index (κ1) is 17.4. The van der Waals surface area contributed by atoms with Crippen molar-refractivity contribution >= 4 is 28.7 Å². The number of thiocarbonyl (C=S) groups is 1. The van der Waals surface area contributed by atoms with Gasteiger partial charge in [0, 0.05) is 43.6 Å². The van der Waals surface area contributed by atoms with Gasteiger partial charge in [0.05, 0.1) is 14.2 Å². The number of methoxy groups -OCH3 is 2. The molecule has 1 saturated heterocycles. The number of ether oxygens (including phenoxy) is 2. The summed E-state index contributed by atoms with van der Waals surface area (Å²) < 4.78 is 10.5. The zero-order valence-corrected chi connectivity index (χ0v) is 15.4. The van der Waals surface area contributed by atoms with Gasteiger partial charge >= 0.3 is 0 Å². The molecule has 0 amide bonds. The first-order valence-electron chi connectivity index (χ1n) is 8.28. The molecular weight excluding hydrogens is 334 g/mol. The fourth-order valence-electron chi connectivity index (χ4n) is 2.85. The molecule has 0 aliphatic carbocycles. The van der Waals surface area contributed by atoms with Crippen LogP contribution in [0.15, 0.2) is 48.5 Å². The summed E-state index contributed by atoms with van der Waals surface area (Å²) in [4.78, 5) is 4.56. The maximum absolute atomic E-state index is 5.56. The average Bonchev–Trinajstić information content (AvgIpc) is 2.68. The van der Waals surface area contributed by atoms with Gasteiger partial charge in [-0.25, -0.2) is 0 Å². The molecule has 0 spiro atoms. The van der Waals surface area contributed by atoms with Crippen LogP contribution in [0.2, 0.25) is 0 Å². The average molecular weight is 357 g/mol. The first-order valence-corrected chi connectivity index (χ1v) is 8.69. The summed E-state index contributed by atoms with van der Waals surface area (Å²) in [5.74, 6) is 1.72. The molecule has 5 nitrogen and oxygen atoms in total. The Morgan fingerprint density at radius 2 is 1.60 bits per heavy atom. The van der Waals surface area contributed by atoms with Crippen LogP contribution in [-0.2, 0) is 0 Å². The lowest BCUT2D eigenvalue weighted by Gasteiger charge is -2.37. The molecule has 0 unspecified atom stereocenters. The van der Waals surface area contributed by atoms with Crippen LogP contribution in [0.5, 0.6) is 11.5 Å². The Hall–Kier alpha value is -2.47. The number of nitrogens with zero attached hydrogens (tertiary/aromatic N) is 2. The molecule has 1 N–H and O–H groups in total. The predicted octanol–water partition coefficient (Wildman–Crippen LogP) is 3.22. The van der Waals surface area contributed by atoms with Crippen LogP contribution in [0.3, 0.4) is 0 Å². The summed E-state index contributed by atoms with van der Waals surface area (Å²) in [7, 11) is 3.36. The molecule has 0 saturated carbocycles. The normalized spacial score (nSPS) is 14.2. The third kappa shape index (κ3) is 4.33. The maximum Gasteiger partial charge on any atom is 0.173 e. The first-order chi connectivity index (χ1) is 12.2. The molecule has 1 heterocycles. The van der Waals surface area contributed by atoms with E-state index in [4.69, 9.17) is 21.7 Å². The molecule has 6 heteroatoms. The van der Waals surface area contributed by atoms with Crippen molar-refractivity contribution < 1.29 is 9.47 Å². The topological polar surface area (TPSA) is 37.0 Å². The second-order valence-electron chi connectivity index (χ2n) is 5.83. The van der Waals surface area contributed by atoms with E-state index >= 15 is 0 Å². The Bertz CT molecular complexity index is 713. The molecule has 0 radical (unpaired) electrons. The summed E-state index contributed by atoms with van der Waals surface area (Å²) in [5, 5.41) is 4.06. The Labute approximate surface area is 154 Å². The van der Waals surface area contributed by atoms with Gasteiger partial charge in [0.25, 0.3) is 0 Å². The Kier molecular flexibility index (Phi) is 5.60. The second kappa shape index (κ2) is 8.07. The number of benzene rings is 2. The van der Waals surface area contributed by atoms with Crippen LogP contribution in [-0.4, -0.2) is 50.4 Å². The summed E-state index contributed by atoms with van der Waals surface area (Å²) in [6, 6.07) is 16.0. The van der Waals surface area contributed by atoms with E-state index in [0.29, 0.717) is 0 Å². The molecule has 3 rings (SSSR count). The Morgan fingerprint density at radius 1 is 0.920 bits per heavy atom. The zero-order valence-electron chi connectivity index (χ0n) is 14.6.